The van der Waals surface area contributed by atoms with E-state index >= 15 is 0 Å². The van der Waals surface area contributed by atoms with Crippen molar-refractivity contribution in [2.75, 3.05) is 13.1 Å². The van der Waals surface area contributed by atoms with Crippen LogP contribution in [0.15, 0.2) is 42.5 Å². The number of fused-ring (bicyclic) bond motifs is 1. The van der Waals surface area contributed by atoms with E-state index in [9.17, 15) is 18.7 Å². The zero-order valence-corrected chi connectivity index (χ0v) is 20.5. The Morgan fingerprint density at radius 3 is 2.51 bits per heavy atom. The minimum absolute atomic E-state index is 0.0220. The first kappa shape index (κ1) is 23.9. The molecular weight excluding hydrogens is 448 g/mol. The van der Waals surface area contributed by atoms with Gasteiger partial charge in [-0.05, 0) is 73.4 Å². The smallest absolute Gasteiger partial charge is 0.307 e. The summed E-state index contributed by atoms with van der Waals surface area (Å²) in [5.41, 5.74) is 5.10. The molecule has 5 rings (SSSR count). The molecule has 2 aliphatic rings. The number of carbonyl (C=O) groups is 1. The van der Waals surface area contributed by atoms with Crippen LogP contribution in [-0.4, -0.2) is 50.6 Å². The third-order valence-corrected chi connectivity index (χ3v) is 8.22. The molecule has 0 radical (unpaired) electrons. The highest BCUT2D eigenvalue weighted by Crippen LogP contribution is 2.44. The van der Waals surface area contributed by atoms with Gasteiger partial charge in [0.2, 0.25) is 0 Å². The molecule has 1 aromatic heterocycles. The maximum Gasteiger partial charge on any atom is 0.307 e. The predicted octanol–water partition coefficient (Wildman–Crippen LogP) is 5.86. The van der Waals surface area contributed by atoms with Gasteiger partial charge in [-0.2, -0.15) is 0 Å². The number of benzene rings is 2. The van der Waals surface area contributed by atoms with E-state index in [1.54, 1.807) is 0 Å². The third-order valence-electron chi connectivity index (χ3n) is 8.22. The van der Waals surface area contributed by atoms with Crippen LogP contribution in [0, 0.1) is 18.8 Å². The van der Waals surface area contributed by atoms with Crippen LogP contribution in [0.5, 0.6) is 0 Å². The molecule has 35 heavy (non-hydrogen) atoms. The standard InChI is InChI=1S/C28H33F2N3O2/c1-17-13-22(33-12-4-11-28(29,30)16-33)15-23(26(17)27(34)35)20-7-5-19(6-8-20)21-9-10-25-24(14-21)31-18(2)32(25)3/h5-10,14,17,22-23,26H,4,11-13,15-16H2,1-3H3,(H,34,35)/t17-,22?,23-,26?/m0/s1. The Balaban J connectivity index is 1.42. The number of aromatic nitrogens is 2. The number of carboxylic acid groups (broad SMARTS) is 1. The summed E-state index contributed by atoms with van der Waals surface area (Å²) >= 11 is 0. The van der Waals surface area contributed by atoms with Gasteiger partial charge in [-0.15, -0.1) is 0 Å². The summed E-state index contributed by atoms with van der Waals surface area (Å²) < 4.78 is 30.3. The van der Waals surface area contributed by atoms with Crippen molar-refractivity contribution in [3.63, 3.8) is 0 Å². The van der Waals surface area contributed by atoms with Crippen molar-refractivity contribution in [1.82, 2.24) is 14.5 Å². The molecular formula is C28H33F2N3O2. The summed E-state index contributed by atoms with van der Waals surface area (Å²) in [4.78, 5) is 18.8. The van der Waals surface area contributed by atoms with Crippen molar-refractivity contribution in [2.45, 2.75) is 57.4 Å². The van der Waals surface area contributed by atoms with Gasteiger partial charge in [0.05, 0.1) is 23.5 Å². The Bertz CT molecular complexity index is 1240. The normalized spacial score (nSPS) is 27.2. The number of likely N-dealkylation sites (tertiary alicyclic amines) is 1. The number of piperidine rings is 1. The number of carboxylic acids is 1. The average molecular weight is 482 g/mol. The molecule has 4 atom stereocenters. The van der Waals surface area contributed by atoms with E-state index in [0.717, 1.165) is 33.5 Å². The van der Waals surface area contributed by atoms with Crippen molar-refractivity contribution >= 4 is 17.0 Å². The Labute approximate surface area is 204 Å². The first-order valence-corrected chi connectivity index (χ1v) is 12.5. The van der Waals surface area contributed by atoms with Crippen molar-refractivity contribution in [3.8, 4) is 11.1 Å². The average Bonchev–Trinajstić information content (AvgIpc) is 3.10. The molecule has 5 nitrogen and oxygen atoms in total. The van der Waals surface area contributed by atoms with Crippen molar-refractivity contribution < 1.29 is 18.7 Å². The third kappa shape index (κ3) is 4.58. The number of aliphatic carboxylic acids is 1. The SMILES string of the molecule is Cc1nc2cc(-c3ccc([C@@H]4CC(N5CCCC(F)(F)C5)C[C@H](C)C4C(=O)O)cc3)ccc2n1C. The van der Waals surface area contributed by atoms with Gasteiger partial charge in [-0.25, -0.2) is 13.8 Å². The summed E-state index contributed by atoms with van der Waals surface area (Å²) in [6.45, 7) is 4.38. The van der Waals surface area contributed by atoms with Crippen LogP contribution >= 0.6 is 0 Å². The molecule has 0 amide bonds. The first-order chi connectivity index (χ1) is 16.6. The minimum Gasteiger partial charge on any atom is -0.481 e. The minimum atomic E-state index is -2.66. The fourth-order valence-corrected chi connectivity index (χ4v) is 6.30. The maximum absolute atomic E-state index is 14.1. The summed E-state index contributed by atoms with van der Waals surface area (Å²) in [6.07, 6.45) is 1.67. The van der Waals surface area contributed by atoms with E-state index in [4.69, 9.17) is 0 Å². The molecule has 1 saturated heterocycles. The van der Waals surface area contributed by atoms with E-state index in [0.29, 0.717) is 25.8 Å². The molecule has 1 aliphatic heterocycles. The maximum atomic E-state index is 14.1. The van der Waals surface area contributed by atoms with Gasteiger partial charge in [0, 0.05) is 19.5 Å². The van der Waals surface area contributed by atoms with Crippen molar-refractivity contribution in [1.29, 1.82) is 0 Å². The lowest BCUT2D eigenvalue weighted by atomic mass is 9.67. The molecule has 3 aromatic rings. The Hall–Kier alpha value is -2.80. The van der Waals surface area contributed by atoms with E-state index < -0.39 is 17.8 Å². The molecule has 186 valence electrons. The second kappa shape index (κ2) is 9.01. The van der Waals surface area contributed by atoms with Crippen LogP contribution in [0.4, 0.5) is 8.78 Å². The van der Waals surface area contributed by atoms with E-state index in [1.165, 1.54) is 0 Å². The second-order valence-electron chi connectivity index (χ2n) is 10.5. The molecule has 2 aromatic carbocycles. The van der Waals surface area contributed by atoms with Crippen LogP contribution in [-0.2, 0) is 11.8 Å². The van der Waals surface area contributed by atoms with Crippen LogP contribution in [0.3, 0.4) is 0 Å². The Morgan fingerprint density at radius 1 is 1.11 bits per heavy atom. The summed E-state index contributed by atoms with van der Waals surface area (Å²) in [5, 5.41) is 10.0. The second-order valence-corrected chi connectivity index (χ2v) is 10.5. The van der Waals surface area contributed by atoms with Gasteiger partial charge in [-0.1, -0.05) is 37.3 Å². The van der Waals surface area contributed by atoms with Crippen LogP contribution in [0.1, 0.15) is 49.9 Å². The number of hydrogen-bond donors (Lipinski definition) is 1. The lowest BCUT2D eigenvalue weighted by molar-refractivity contribution is -0.147. The summed E-state index contributed by atoms with van der Waals surface area (Å²) in [5.74, 6) is -3.30. The molecule has 1 aliphatic carbocycles. The van der Waals surface area contributed by atoms with Crippen molar-refractivity contribution in [3.05, 3.63) is 53.9 Å². The van der Waals surface area contributed by atoms with Crippen LogP contribution < -0.4 is 0 Å². The molecule has 7 heteroatoms. The van der Waals surface area contributed by atoms with E-state index in [1.807, 2.05) is 50.1 Å². The molecule has 1 saturated carbocycles. The topological polar surface area (TPSA) is 58.4 Å². The van der Waals surface area contributed by atoms with Gasteiger partial charge in [-0.3, -0.25) is 9.69 Å². The molecule has 2 heterocycles. The number of rotatable bonds is 4. The highest BCUT2D eigenvalue weighted by molar-refractivity contribution is 5.82. The number of hydrogen-bond acceptors (Lipinski definition) is 3. The molecule has 0 bridgehead atoms. The lowest BCUT2D eigenvalue weighted by Gasteiger charge is -2.45. The molecule has 0 spiro atoms. The molecule has 1 N–H and O–H groups in total. The zero-order chi connectivity index (χ0) is 24.9. The first-order valence-electron chi connectivity index (χ1n) is 12.5. The summed E-state index contributed by atoms with van der Waals surface area (Å²) in [7, 11) is 2.00. The highest BCUT2D eigenvalue weighted by Gasteiger charge is 2.45. The highest BCUT2D eigenvalue weighted by atomic mass is 19.3. The fourth-order valence-electron chi connectivity index (χ4n) is 6.30. The lowest BCUT2D eigenvalue weighted by Crippen LogP contribution is -2.51. The van der Waals surface area contributed by atoms with Gasteiger partial charge in [0.25, 0.3) is 5.92 Å². The van der Waals surface area contributed by atoms with Gasteiger partial charge < -0.3 is 9.67 Å². The number of imidazole rings is 1. The Morgan fingerprint density at radius 2 is 1.83 bits per heavy atom. The van der Waals surface area contributed by atoms with Gasteiger partial charge in [0.15, 0.2) is 0 Å². The monoisotopic (exact) mass is 481 g/mol. The summed E-state index contributed by atoms with van der Waals surface area (Å²) in [6, 6.07) is 14.3. The van der Waals surface area contributed by atoms with Crippen molar-refractivity contribution in [2.24, 2.45) is 18.9 Å². The van der Waals surface area contributed by atoms with E-state index in [2.05, 4.69) is 27.8 Å². The molecule has 2 fully saturated rings. The van der Waals surface area contributed by atoms with Gasteiger partial charge in [0.1, 0.15) is 5.82 Å². The zero-order valence-electron chi connectivity index (χ0n) is 20.5. The number of halogens is 2. The number of aryl methyl sites for hydroxylation is 2. The quantitative estimate of drug-likeness (QED) is 0.507. The number of alkyl halides is 2. The fraction of sp³-hybridized carbons (Fsp3) is 0.500. The Kier molecular flexibility index (Phi) is 6.16. The van der Waals surface area contributed by atoms with Crippen LogP contribution in [0.2, 0.25) is 0 Å². The largest absolute Gasteiger partial charge is 0.481 e. The van der Waals surface area contributed by atoms with Crippen LogP contribution in [0.25, 0.3) is 22.2 Å². The van der Waals surface area contributed by atoms with Gasteiger partial charge >= 0.3 is 5.97 Å². The molecule has 2 unspecified atom stereocenters. The predicted molar refractivity (Wildman–Crippen MR) is 133 cm³/mol. The number of nitrogens with zero attached hydrogens (tertiary/aromatic N) is 3. The van der Waals surface area contributed by atoms with E-state index in [-0.39, 0.29) is 30.8 Å².